The summed E-state index contributed by atoms with van der Waals surface area (Å²) < 4.78 is 5.34. The number of aliphatic imine (C=N–C) groups is 1. The Kier molecular flexibility index (Phi) is 6.85. The van der Waals surface area contributed by atoms with Crippen LogP contribution >= 0.6 is 11.3 Å². The van der Waals surface area contributed by atoms with E-state index in [0.29, 0.717) is 25.7 Å². The number of guanidine groups is 1. The molecule has 0 spiro atoms. The molecule has 1 aromatic heterocycles. The lowest BCUT2D eigenvalue weighted by Gasteiger charge is -2.36. The van der Waals surface area contributed by atoms with Gasteiger partial charge in [0.1, 0.15) is 5.01 Å². The Morgan fingerprint density at radius 1 is 1.31 bits per heavy atom. The van der Waals surface area contributed by atoms with Crippen LogP contribution in [0.5, 0.6) is 0 Å². The number of hydrogen-bond donors (Lipinski definition) is 1. The van der Waals surface area contributed by atoms with Crippen molar-refractivity contribution in [2.45, 2.75) is 32.7 Å². The fourth-order valence-corrected chi connectivity index (χ4v) is 4.26. The second-order valence-corrected chi connectivity index (χ2v) is 7.87. The molecular weight excluding hydrogens is 350 g/mol. The van der Waals surface area contributed by atoms with Crippen LogP contribution < -0.4 is 5.32 Å². The number of hydrogen-bond acceptors (Lipinski definition) is 5. The van der Waals surface area contributed by atoms with Crippen molar-refractivity contribution >= 4 is 23.2 Å². The minimum Gasteiger partial charge on any atom is -0.378 e. The Hall–Kier alpha value is -1.67. The maximum atomic E-state index is 12.6. The van der Waals surface area contributed by atoms with Crippen LogP contribution in [0.4, 0.5) is 0 Å². The number of nitrogens with one attached hydrogen (secondary N) is 1. The highest BCUT2D eigenvalue weighted by Crippen LogP contribution is 2.21. The predicted molar refractivity (Wildman–Crippen MR) is 103 cm³/mol. The number of piperidine rings is 1. The lowest BCUT2D eigenvalue weighted by atomic mass is 9.95. The first-order chi connectivity index (χ1) is 12.7. The topological polar surface area (TPSA) is 70.1 Å². The Morgan fingerprint density at radius 2 is 2.04 bits per heavy atom. The van der Waals surface area contributed by atoms with Crippen LogP contribution in [0, 0.1) is 5.92 Å². The molecule has 26 heavy (non-hydrogen) atoms. The van der Waals surface area contributed by atoms with Gasteiger partial charge in [-0.1, -0.05) is 6.92 Å². The molecule has 1 aromatic rings. The molecule has 3 rings (SSSR count). The van der Waals surface area contributed by atoms with Crippen molar-refractivity contribution in [3.63, 3.8) is 0 Å². The van der Waals surface area contributed by atoms with Crippen molar-refractivity contribution in [1.29, 1.82) is 0 Å². The van der Waals surface area contributed by atoms with E-state index < -0.39 is 0 Å². The zero-order valence-electron chi connectivity index (χ0n) is 15.7. The number of carbonyl (C=O) groups excluding carboxylic acids is 1. The summed E-state index contributed by atoms with van der Waals surface area (Å²) in [5.41, 5.74) is 0. The third kappa shape index (κ3) is 4.73. The van der Waals surface area contributed by atoms with Crippen LogP contribution in [0.25, 0.3) is 0 Å². The fraction of sp³-hybridized carbons (Fsp3) is 0.722. The molecule has 1 amide bonds. The van der Waals surface area contributed by atoms with Crippen molar-refractivity contribution in [2.24, 2.45) is 10.9 Å². The van der Waals surface area contributed by atoms with Gasteiger partial charge in [0.15, 0.2) is 5.96 Å². The average molecular weight is 380 g/mol. The van der Waals surface area contributed by atoms with Gasteiger partial charge >= 0.3 is 0 Å². The Labute approximate surface area is 159 Å². The van der Waals surface area contributed by atoms with Gasteiger partial charge in [0.25, 0.3) is 0 Å². The molecule has 7 nitrogen and oxygen atoms in total. The summed E-state index contributed by atoms with van der Waals surface area (Å²) in [4.78, 5) is 27.0. The van der Waals surface area contributed by atoms with Gasteiger partial charge in [-0.2, -0.15) is 0 Å². The molecular formula is C18H29N5O2S. The third-order valence-corrected chi connectivity index (χ3v) is 6.17. The monoisotopic (exact) mass is 379 g/mol. The number of morpholine rings is 1. The van der Waals surface area contributed by atoms with E-state index >= 15 is 0 Å². The minimum atomic E-state index is 0.133. The normalized spacial score (nSPS) is 19.7. The van der Waals surface area contributed by atoms with Crippen molar-refractivity contribution in [3.8, 4) is 0 Å². The summed E-state index contributed by atoms with van der Waals surface area (Å²) in [7, 11) is 1.81. The fourth-order valence-electron chi connectivity index (χ4n) is 3.46. The lowest BCUT2D eigenvalue weighted by Crippen LogP contribution is -2.49. The largest absolute Gasteiger partial charge is 0.378 e. The smallest absolute Gasteiger partial charge is 0.225 e. The highest BCUT2D eigenvalue weighted by atomic mass is 32.1. The second-order valence-electron chi connectivity index (χ2n) is 6.67. The Morgan fingerprint density at radius 3 is 2.65 bits per heavy atom. The molecule has 2 aliphatic rings. The summed E-state index contributed by atoms with van der Waals surface area (Å²) in [5.74, 6) is 1.33. The quantitative estimate of drug-likeness (QED) is 0.632. The van der Waals surface area contributed by atoms with E-state index in [9.17, 15) is 4.79 Å². The van der Waals surface area contributed by atoms with E-state index in [1.54, 1.807) is 11.3 Å². The van der Waals surface area contributed by atoms with E-state index in [1.165, 1.54) is 4.88 Å². The van der Waals surface area contributed by atoms with Gasteiger partial charge in [0.05, 0.1) is 19.8 Å². The van der Waals surface area contributed by atoms with Gasteiger partial charge in [0, 0.05) is 50.2 Å². The maximum Gasteiger partial charge on any atom is 0.225 e. The van der Waals surface area contributed by atoms with Gasteiger partial charge in [0.2, 0.25) is 5.91 Å². The molecule has 0 radical (unpaired) electrons. The van der Waals surface area contributed by atoms with Crippen LogP contribution in [0.1, 0.15) is 29.7 Å². The second kappa shape index (κ2) is 9.32. The number of thiazole rings is 1. The van der Waals surface area contributed by atoms with Crippen molar-refractivity contribution in [3.05, 3.63) is 16.1 Å². The molecule has 3 heterocycles. The molecule has 2 saturated heterocycles. The molecule has 0 aliphatic carbocycles. The van der Waals surface area contributed by atoms with E-state index in [0.717, 1.165) is 56.4 Å². The third-order valence-electron chi connectivity index (χ3n) is 5.03. The molecule has 0 atom stereocenters. The molecule has 0 saturated carbocycles. The minimum absolute atomic E-state index is 0.133. The molecule has 2 aliphatic heterocycles. The van der Waals surface area contributed by atoms with E-state index in [-0.39, 0.29) is 5.92 Å². The van der Waals surface area contributed by atoms with Gasteiger partial charge in [-0.3, -0.25) is 9.79 Å². The van der Waals surface area contributed by atoms with E-state index in [2.05, 4.69) is 27.1 Å². The summed E-state index contributed by atoms with van der Waals surface area (Å²) in [5, 5.41) is 4.50. The Bertz CT molecular complexity index is 619. The van der Waals surface area contributed by atoms with Crippen molar-refractivity contribution in [2.75, 3.05) is 46.4 Å². The van der Waals surface area contributed by atoms with Crippen molar-refractivity contribution in [1.82, 2.24) is 20.1 Å². The zero-order chi connectivity index (χ0) is 18.4. The number of aromatic nitrogens is 1. The molecule has 2 fully saturated rings. The number of carbonyl (C=O) groups is 1. The highest BCUT2D eigenvalue weighted by Gasteiger charge is 2.30. The number of ether oxygens (including phenoxy) is 1. The summed E-state index contributed by atoms with van der Waals surface area (Å²) in [6, 6.07) is 0. The van der Waals surface area contributed by atoms with E-state index in [1.807, 2.05) is 18.1 Å². The number of likely N-dealkylation sites (tertiary alicyclic amines) is 1. The van der Waals surface area contributed by atoms with Gasteiger partial charge in [-0.05, 0) is 19.3 Å². The first-order valence-corrected chi connectivity index (χ1v) is 10.3. The van der Waals surface area contributed by atoms with Gasteiger partial charge < -0.3 is 19.9 Å². The van der Waals surface area contributed by atoms with Crippen LogP contribution in [0.15, 0.2) is 11.2 Å². The Balaban J connectivity index is 1.47. The summed E-state index contributed by atoms with van der Waals surface area (Å²) in [6.45, 7) is 7.36. The number of aryl methyl sites for hydroxylation is 1. The zero-order valence-corrected chi connectivity index (χ0v) is 16.6. The van der Waals surface area contributed by atoms with Crippen LogP contribution in [-0.2, 0) is 22.5 Å². The number of nitrogens with zero attached hydrogens (tertiary/aromatic N) is 4. The van der Waals surface area contributed by atoms with Gasteiger partial charge in [-0.25, -0.2) is 4.98 Å². The summed E-state index contributed by atoms with van der Waals surface area (Å²) >= 11 is 1.74. The van der Waals surface area contributed by atoms with Crippen LogP contribution in [0.2, 0.25) is 0 Å². The van der Waals surface area contributed by atoms with E-state index in [4.69, 9.17) is 4.74 Å². The standard InChI is InChI=1S/C18H29N5O2S/c1-3-15-12-20-16(26-15)13-21-18(19-2)23-6-4-14(5-7-23)17(24)22-8-10-25-11-9-22/h12,14H,3-11,13H2,1-2H3,(H,19,21). The molecule has 0 bridgehead atoms. The predicted octanol–water partition coefficient (Wildman–Crippen LogP) is 1.35. The highest BCUT2D eigenvalue weighted by molar-refractivity contribution is 7.11. The van der Waals surface area contributed by atoms with Crippen LogP contribution in [0.3, 0.4) is 0 Å². The number of rotatable bonds is 4. The molecule has 0 unspecified atom stereocenters. The first kappa shape index (κ1) is 19.1. The number of amides is 1. The molecule has 0 aromatic carbocycles. The average Bonchev–Trinajstić information content (AvgIpc) is 3.17. The molecule has 8 heteroatoms. The molecule has 1 N–H and O–H groups in total. The molecule has 144 valence electrons. The lowest BCUT2D eigenvalue weighted by molar-refractivity contribution is -0.140. The summed E-state index contributed by atoms with van der Waals surface area (Å²) in [6.07, 6.45) is 4.74. The van der Waals surface area contributed by atoms with Crippen LogP contribution in [-0.4, -0.2) is 73.1 Å². The first-order valence-electron chi connectivity index (χ1n) is 9.47. The van der Waals surface area contributed by atoms with Gasteiger partial charge in [-0.15, -0.1) is 11.3 Å². The maximum absolute atomic E-state index is 12.6. The SMILES string of the molecule is CCc1cnc(CNC(=NC)N2CCC(C(=O)N3CCOCC3)CC2)s1. The van der Waals surface area contributed by atoms with Crippen molar-refractivity contribution < 1.29 is 9.53 Å².